The van der Waals surface area contributed by atoms with Crippen LogP contribution in [0.15, 0.2) is 24.3 Å². The SMILES string of the molecule is Cc1ccc(OCC2CCN(C(=O)OC(C)(C)C)C2)cc1. The van der Waals surface area contributed by atoms with Crippen molar-refractivity contribution in [3.63, 3.8) is 0 Å². The zero-order valence-corrected chi connectivity index (χ0v) is 13.4. The Morgan fingerprint density at radius 1 is 1.29 bits per heavy atom. The molecule has 1 saturated heterocycles. The van der Waals surface area contributed by atoms with Gasteiger partial charge in [-0.1, -0.05) is 17.7 Å². The van der Waals surface area contributed by atoms with Crippen LogP contribution in [0.5, 0.6) is 5.75 Å². The van der Waals surface area contributed by atoms with Crippen molar-refractivity contribution in [3.8, 4) is 5.75 Å². The van der Waals surface area contributed by atoms with Crippen LogP contribution in [-0.4, -0.2) is 36.3 Å². The molecule has 1 aromatic rings. The Kier molecular flexibility index (Phi) is 4.76. The molecule has 0 N–H and O–H groups in total. The predicted molar refractivity (Wildman–Crippen MR) is 82.6 cm³/mol. The Hall–Kier alpha value is -1.71. The lowest BCUT2D eigenvalue weighted by atomic mass is 10.1. The first-order chi connectivity index (χ1) is 9.83. The Morgan fingerprint density at radius 2 is 1.95 bits per heavy atom. The van der Waals surface area contributed by atoms with Crippen molar-refractivity contribution in [2.24, 2.45) is 5.92 Å². The number of amides is 1. The van der Waals surface area contributed by atoms with Gasteiger partial charge in [0.15, 0.2) is 0 Å². The van der Waals surface area contributed by atoms with Crippen molar-refractivity contribution in [2.45, 2.75) is 39.7 Å². The van der Waals surface area contributed by atoms with Crippen LogP contribution in [0.1, 0.15) is 32.8 Å². The monoisotopic (exact) mass is 291 g/mol. The smallest absolute Gasteiger partial charge is 0.410 e. The topological polar surface area (TPSA) is 38.8 Å². The van der Waals surface area contributed by atoms with Crippen LogP contribution >= 0.6 is 0 Å². The number of carbonyl (C=O) groups excluding carboxylic acids is 1. The molecule has 1 aliphatic rings. The predicted octanol–water partition coefficient (Wildman–Crippen LogP) is 3.63. The second kappa shape index (κ2) is 6.37. The van der Waals surface area contributed by atoms with Crippen LogP contribution in [0, 0.1) is 12.8 Å². The number of carbonyl (C=O) groups is 1. The summed E-state index contributed by atoms with van der Waals surface area (Å²) in [5.74, 6) is 1.26. The fourth-order valence-electron chi connectivity index (χ4n) is 2.31. The maximum atomic E-state index is 12.0. The van der Waals surface area contributed by atoms with Crippen LogP contribution < -0.4 is 4.74 Å². The van der Waals surface area contributed by atoms with Crippen LogP contribution in [0.25, 0.3) is 0 Å². The molecule has 116 valence electrons. The maximum absolute atomic E-state index is 12.0. The van der Waals surface area contributed by atoms with Gasteiger partial charge in [0.1, 0.15) is 11.4 Å². The zero-order valence-electron chi connectivity index (χ0n) is 13.4. The number of ether oxygens (including phenoxy) is 2. The second-order valence-corrected chi connectivity index (χ2v) is 6.71. The molecule has 4 nitrogen and oxygen atoms in total. The van der Waals surface area contributed by atoms with E-state index in [0.29, 0.717) is 19.1 Å². The Balaban J connectivity index is 1.77. The molecule has 1 atom stereocenters. The number of hydrogen-bond acceptors (Lipinski definition) is 3. The summed E-state index contributed by atoms with van der Waals surface area (Å²) in [6.07, 6.45) is 0.741. The molecule has 0 aromatic heterocycles. The van der Waals surface area contributed by atoms with Gasteiger partial charge in [0.25, 0.3) is 0 Å². The zero-order chi connectivity index (χ0) is 15.5. The largest absolute Gasteiger partial charge is 0.493 e. The van der Waals surface area contributed by atoms with Gasteiger partial charge in [-0.15, -0.1) is 0 Å². The average molecular weight is 291 g/mol. The quantitative estimate of drug-likeness (QED) is 0.853. The van der Waals surface area contributed by atoms with Gasteiger partial charge >= 0.3 is 6.09 Å². The van der Waals surface area contributed by atoms with Gasteiger partial charge in [0.2, 0.25) is 0 Å². The standard InChI is InChI=1S/C17H25NO3/c1-13-5-7-15(8-6-13)20-12-14-9-10-18(11-14)16(19)21-17(2,3)4/h5-8,14H,9-12H2,1-4H3. The second-order valence-electron chi connectivity index (χ2n) is 6.71. The molecule has 1 aromatic carbocycles. The minimum atomic E-state index is -0.437. The summed E-state index contributed by atoms with van der Waals surface area (Å²) in [6, 6.07) is 8.04. The number of rotatable bonds is 3. The van der Waals surface area contributed by atoms with E-state index < -0.39 is 5.60 Å². The minimum Gasteiger partial charge on any atom is -0.493 e. The highest BCUT2D eigenvalue weighted by atomic mass is 16.6. The third-order valence-electron chi connectivity index (χ3n) is 3.44. The van der Waals surface area contributed by atoms with Crippen molar-refractivity contribution in [3.05, 3.63) is 29.8 Å². The van der Waals surface area contributed by atoms with Crippen LogP contribution in [-0.2, 0) is 4.74 Å². The average Bonchev–Trinajstić information content (AvgIpc) is 2.85. The van der Waals surface area contributed by atoms with E-state index in [4.69, 9.17) is 9.47 Å². The number of nitrogens with zero attached hydrogens (tertiary/aromatic N) is 1. The molecule has 2 rings (SSSR count). The molecule has 1 unspecified atom stereocenters. The van der Waals surface area contributed by atoms with E-state index in [1.165, 1.54) is 5.56 Å². The number of benzene rings is 1. The molecule has 21 heavy (non-hydrogen) atoms. The first kappa shape index (κ1) is 15.7. The fourth-order valence-corrected chi connectivity index (χ4v) is 2.31. The molecule has 1 heterocycles. The molecule has 4 heteroatoms. The molecule has 0 spiro atoms. The molecular weight excluding hydrogens is 266 g/mol. The van der Waals surface area contributed by atoms with E-state index in [9.17, 15) is 4.79 Å². The highest BCUT2D eigenvalue weighted by molar-refractivity contribution is 5.68. The summed E-state index contributed by atoms with van der Waals surface area (Å²) in [7, 11) is 0. The summed E-state index contributed by atoms with van der Waals surface area (Å²) in [5, 5.41) is 0. The number of likely N-dealkylation sites (tertiary alicyclic amines) is 1. The minimum absolute atomic E-state index is 0.222. The fraction of sp³-hybridized carbons (Fsp3) is 0.588. The van der Waals surface area contributed by atoms with E-state index in [0.717, 1.165) is 18.7 Å². The van der Waals surface area contributed by atoms with Crippen molar-refractivity contribution in [2.75, 3.05) is 19.7 Å². The van der Waals surface area contributed by atoms with Gasteiger partial charge in [-0.05, 0) is 46.2 Å². The Bertz CT molecular complexity index is 476. The van der Waals surface area contributed by atoms with Gasteiger partial charge in [0.05, 0.1) is 6.61 Å². The lowest BCUT2D eigenvalue weighted by Crippen LogP contribution is -2.35. The normalized spacial score (nSPS) is 18.7. The van der Waals surface area contributed by atoms with Crippen LogP contribution in [0.3, 0.4) is 0 Å². The molecule has 1 fully saturated rings. The molecule has 0 aliphatic carbocycles. The summed E-state index contributed by atoms with van der Waals surface area (Å²) in [4.78, 5) is 13.8. The summed E-state index contributed by atoms with van der Waals surface area (Å²) in [5.41, 5.74) is 0.785. The molecule has 0 bridgehead atoms. The highest BCUT2D eigenvalue weighted by Crippen LogP contribution is 2.21. The molecular formula is C17H25NO3. The van der Waals surface area contributed by atoms with Gasteiger partial charge in [-0.3, -0.25) is 0 Å². The van der Waals surface area contributed by atoms with Gasteiger partial charge in [-0.25, -0.2) is 4.79 Å². The summed E-state index contributed by atoms with van der Waals surface area (Å²) < 4.78 is 11.2. The lowest BCUT2D eigenvalue weighted by Gasteiger charge is -2.24. The van der Waals surface area contributed by atoms with E-state index in [1.54, 1.807) is 4.90 Å². The van der Waals surface area contributed by atoms with Gasteiger partial charge < -0.3 is 14.4 Å². The van der Waals surface area contributed by atoms with E-state index in [2.05, 4.69) is 6.92 Å². The number of aryl methyl sites for hydroxylation is 1. The Labute approximate surface area is 127 Å². The maximum Gasteiger partial charge on any atom is 0.410 e. The number of hydrogen-bond donors (Lipinski definition) is 0. The highest BCUT2D eigenvalue weighted by Gasteiger charge is 2.29. The molecule has 1 amide bonds. The third-order valence-corrected chi connectivity index (χ3v) is 3.44. The van der Waals surface area contributed by atoms with Gasteiger partial charge in [0, 0.05) is 19.0 Å². The van der Waals surface area contributed by atoms with E-state index in [-0.39, 0.29) is 6.09 Å². The molecule has 0 radical (unpaired) electrons. The molecule has 1 aliphatic heterocycles. The van der Waals surface area contributed by atoms with Crippen LogP contribution in [0.2, 0.25) is 0 Å². The third kappa shape index (κ3) is 4.96. The Morgan fingerprint density at radius 3 is 2.57 bits per heavy atom. The molecule has 0 saturated carbocycles. The van der Waals surface area contributed by atoms with Crippen LogP contribution in [0.4, 0.5) is 4.79 Å². The summed E-state index contributed by atoms with van der Waals surface area (Å²) >= 11 is 0. The first-order valence-corrected chi connectivity index (χ1v) is 7.51. The first-order valence-electron chi connectivity index (χ1n) is 7.51. The van der Waals surface area contributed by atoms with E-state index >= 15 is 0 Å². The van der Waals surface area contributed by atoms with Crippen molar-refractivity contribution in [1.29, 1.82) is 0 Å². The van der Waals surface area contributed by atoms with Gasteiger partial charge in [-0.2, -0.15) is 0 Å². The van der Waals surface area contributed by atoms with E-state index in [1.807, 2.05) is 45.0 Å². The lowest BCUT2D eigenvalue weighted by molar-refractivity contribution is 0.0285. The van der Waals surface area contributed by atoms with Crippen molar-refractivity contribution < 1.29 is 14.3 Å². The van der Waals surface area contributed by atoms with Crippen molar-refractivity contribution >= 4 is 6.09 Å². The summed E-state index contributed by atoms with van der Waals surface area (Å²) in [6.45, 7) is 9.82. The van der Waals surface area contributed by atoms with Crippen molar-refractivity contribution in [1.82, 2.24) is 4.90 Å².